The Morgan fingerprint density at radius 2 is 2.09 bits per heavy atom. The summed E-state index contributed by atoms with van der Waals surface area (Å²) in [4.78, 5) is 14.6. The van der Waals surface area contributed by atoms with Crippen LogP contribution >= 0.6 is 11.3 Å². The van der Waals surface area contributed by atoms with Gasteiger partial charge in [0.1, 0.15) is 0 Å². The zero-order chi connectivity index (χ0) is 15.9. The number of amides is 2. The monoisotopic (exact) mass is 337 g/mol. The fraction of sp³-hybridized carbons (Fsp3) is 0.706. The molecule has 2 fully saturated rings. The second-order valence-electron chi connectivity index (χ2n) is 6.41. The molecule has 2 amide bonds. The van der Waals surface area contributed by atoms with Crippen LogP contribution in [0, 0.1) is 0 Å². The molecule has 1 aliphatic carbocycles. The molecular weight excluding hydrogens is 310 g/mol. The average Bonchev–Trinajstić information content (AvgIpc) is 3.11. The summed E-state index contributed by atoms with van der Waals surface area (Å²) in [5.41, 5.74) is 1.29. The highest BCUT2D eigenvalue weighted by Crippen LogP contribution is 2.23. The van der Waals surface area contributed by atoms with Crippen LogP contribution in [0.5, 0.6) is 0 Å². The lowest BCUT2D eigenvalue weighted by Gasteiger charge is -2.34. The summed E-state index contributed by atoms with van der Waals surface area (Å²) in [5.74, 6) is 0. The average molecular weight is 337 g/mol. The molecule has 1 saturated carbocycles. The van der Waals surface area contributed by atoms with Crippen LogP contribution in [0.4, 0.5) is 4.79 Å². The lowest BCUT2D eigenvalue weighted by Crippen LogP contribution is -2.47. The fourth-order valence-electron chi connectivity index (χ4n) is 3.48. The molecule has 1 aromatic rings. The highest BCUT2D eigenvalue weighted by atomic mass is 32.1. The third kappa shape index (κ3) is 4.93. The zero-order valence-electron chi connectivity index (χ0n) is 13.6. The van der Waals surface area contributed by atoms with Crippen molar-refractivity contribution in [3.63, 3.8) is 0 Å². The molecule has 0 radical (unpaired) electrons. The second-order valence-corrected chi connectivity index (χ2v) is 7.19. The van der Waals surface area contributed by atoms with E-state index in [1.165, 1.54) is 24.8 Å². The number of rotatable bonds is 5. The number of carbonyl (C=O) groups excluding carboxylic acids is 1. The van der Waals surface area contributed by atoms with Gasteiger partial charge in [-0.3, -0.25) is 4.90 Å². The van der Waals surface area contributed by atoms with Crippen LogP contribution in [0.25, 0.3) is 0 Å². The number of ether oxygens (including phenoxy) is 1. The predicted octanol–water partition coefficient (Wildman–Crippen LogP) is 2.75. The number of nitrogens with zero attached hydrogens (tertiary/aromatic N) is 1. The van der Waals surface area contributed by atoms with E-state index in [2.05, 4.69) is 32.4 Å². The highest BCUT2D eigenvalue weighted by molar-refractivity contribution is 7.07. The third-order valence-corrected chi connectivity index (χ3v) is 5.51. The lowest BCUT2D eigenvalue weighted by atomic mass is 9.96. The summed E-state index contributed by atoms with van der Waals surface area (Å²) in [6.45, 7) is 4.04. The molecule has 1 atom stereocenters. The SMILES string of the molecule is O=C(NCC(c1ccsc1)N1CCOCC1)NC1CCCCC1. The third-order valence-electron chi connectivity index (χ3n) is 4.81. The number of morpholine rings is 1. The molecule has 1 aliphatic heterocycles. The van der Waals surface area contributed by atoms with Gasteiger partial charge in [-0.25, -0.2) is 4.79 Å². The maximum Gasteiger partial charge on any atom is 0.315 e. The number of nitrogens with one attached hydrogen (secondary N) is 2. The maximum absolute atomic E-state index is 12.2. The Hall–Kier alpha value is -1.11. The minimum atomic E-state index is -0.0228. The van der Waals surface area contributed by atoms with Crippen molar-refractivity contribution in [2.45, 2.75) is 44.2 Å². The van der Waals surface area contributed by atoms with E-state index in [1.54, 1.807) is 11.3 Å². The van der Waals surface area contributed by atoms with Crippen molar-refractivity contribution in [2.75, 3.05) is 32.8 Å². The van der Waals surface area contributed by atoms with Gasteiger partial charge in [-0.05, 0) is 35.2 Å². The summed E-state index contributed by atoms with van der Waals surface area (Å²) in [6.07, 6.45) is 6.00. The molecule has 2 N–H and O–H groups in total. The molecule has 1 saturated heterocycles. The first-order chi connectivity index (χ1) is 11.3. The van der Waals surface area contributed by atoms with Crippen molar-refractivity contribution >= 4 is 17.4 Å². The van der Waals surface area contributed by atoms with Gasteiger partial charge in [0.25, 0.3) is 0 Å². The first-order valence-electron chi connectivity index (χ1n) is 8.71. The van der Waals surface area contributed by atoms with Crippen molar-refractivity contribution in [3.05, 3.63) is 22.4 Å². The minimum Gasteiger partial charge on any atom is -0.379 e. The van der Waals surface area contributed by atoms with Gasteiger partial charge in [0.2, 0.25) is 0 Å². The van der Waals surface area contributed by atoms with Crippen LogP contribution in [0.1, 0.15) is 43.7 Å². The van der Waals surface area contributed by atoms with Gasteiger partial charge in [0.05, 0.1) is 19.3 Å². The number of hydrogen-bond donors (Lipinski definition) is 2. The number of thiophene rings is 1. The Balaban J connectivity index is 1.52. The van der Waals surface area contributed by atoms with Gasteiger partial charge in [0, 0.05) is 25.7 Å². The normalized spacial score (nSPS) is 21.7. The first kappa shape index (κ1) is 16.7. The van der Waals surface area contributed by atoms with Crippen molar-refractivity contribution in [1.29, 1.82) is 0 Å². The van der Waals surface area contributed by atoms with E-state index in [4.69, 9.17) is 4.74 Å². The molecule has 0 spiro atoms. The number of carbonyl (C=O) groups is 1. The van der Waals surface area contributed by atoms with Gasteiger partial charge in [-0.1, -0.05) is 19.3 Å². The van der Waals surface area contributed by atoms with E-state index >= 15 is 0 Å². The molecule has 2 aliphatic rings. The highest BCUT2D eigenvalue weighted by Gasteiger charge is 2.24. The van der Waals surface area contributed by atoms with Gasteiger partial charge in [-0.15, -0.1) is 0 Å². The largest absolute Gasteiger partial charge is 0.379 e. The van der Waals surface area contributed by atoms with Crippen LogP contribution in [-0.2, 0) is 4.74 Å². The zero-order valence-corrected chi connectivity index (χ0v) is 14.4. The van der Waals surface area contributed by atoms with Crippen molar-refractivity contribution in [2.24, 2.45) is 0 Å². The summed E-state index contributed by atoms with van der Waals surface area (Å²) in [5, 5.41) is 10.5. The predicted molar refractivity (Wildman–Crippen MR) is 92.9 cm³/mol. The molecule has 3 rings (SSSR count). The molecule has 2 heterocycles. The fourth-order valence-corrected chi connectivity index (χ4v) is 4.19. The Morgan fingerprint density at radius 1 is 1.30 bits per heavy atom. The molecule has 6 heteroatoms. The van der Waals surface area contributed by atoms with Crippen molar-refractivity contribution in [1.82, 2.24) is 15.5 Å². The number of hydrogen-bond acceptors (Lipinski definition) is 4. The van der Waals surface area contributed by atoms with Gasteiger partial charge >= 0.3 is 6.03 Å². The standard InChI is InChI=1S/C17H27N3O2S/c21-17(19-15-4-2-1-3-5-15)18-12-16(14-6-11-23-13-14)20-7-9-22-10-8-20/h6,11,13,15-16H,1-5,7-10,12H2,(H2,18,19,21). The van der Waals surface area contributed by atoms with E-state index in [1.807, 2.05) is 0 Å². The van der Waals surface area contributed by atoms with E-state index in [0.29, 0.717) is 12.6 Å². The summed E-state index contributed by atoms with van der Waals surface area (Å²) >= 11 is 1.71. The Morgan fingerprint density at radius 3 is 2.78 bits per heavy atom. The molecule has 5 nitrogen and oxygen atoms in total. The molecule has 128 valence electrons. The van der Waals surface area contributed by atoms with Crippen LogP contribution in [0.2, 0.25) is 0 Å². The van der Waals surface area contributed by atoms with Crippen LogP contribution in [-0.4, -0.2) is 49.8 Å². The summed E-state index contributed by atoms with van der Waals surface area (Å²) < 4.78 is 5.45. The summed E-state index contributed by atoms with van der Waals surface area (Å²) in [7, 11) is 0. The van der Waals surface area contributed by atoms with Crippen LogP contribution < -0.4 is 10.6 Å². The molecule has 1 aromatic heterocycles. The summed E-state index contributed by atoms with van der Waals surface area (Å²) in [6, 6.07) is 2.73. The number of urea groups is 1. The van der Waals surface area contributed by atoms with Crippen LogP contribution in [0.3, 0.4) is 0 Å². The first-order valence-corrected chi connectivity index (χ1v) is 9.65. The minimum absolute atomic E-state index is 0.0228. The van der Waals surface area contributed by atoms with E-state index in [-0.39, 0.29) is 12.1 Å². The Kier molecular flexibility index (Phi) is 6.30. The Labute approximate surface area is 142 Å². The molecule has 0 aromatic carbocycles. The molecule has 23 heavy (non-hydrogen) atoms. The molecule has 1 unspecified atom stereocenters. The quantitative estimate of drug-likeness (QED) is 0.869. The topological polar surface area (TPSA) is 53.6 Å². The maximum atomic E-state index is 12.2. The van der Waals surface area contributed by atoms with Gasteiger partial charge in [0.15, 0.2) is 0 Å². The smallest absolute Gasteiger partial charge is 0.315 e. The van der Waals surface area contributed by atoms with Crippen molar-refractivity contribution in [3.8, 4) is 0 Å². The lowest BCUT2D eigenvalue weighted by molar-refractivity contribution is 0.0167. The van der Waals surface area contributed by atoms with Gasteiger partial charge in [-0.2, -0.15) is 11.3 Å². The van der Waals surface area contributed by atoms with E-state index < -0.39 is 0 Å². The van der Waals surface area contributed by atoms with Crippen molar-refractivity contribution < 1.29 is 9.53 Å². The van der Waals surface area contributed by atoms with E-state index in [9.17, 15) is 4.79 Å². The molecular formula is C17H27N3O2S. The van der Waals surface area contributed by atoms with Crippen LogP contribution in [0.15, 0.2) is 16.8 Å². The molecule has 0 bridgehead atoms. The Bertz CT molecular complexity index is 468. The second kappa shape index (κ2) is 8.66. The van der Waals surface area contributed by atoms with Gasteiger partial charge < -0.3 is 15.4 Å². The van der Waals surface area contributed by atoms with E-state index in [0.717, 1.165) is 39.1 Å².